The van der Waals surface area contributed by atoms with Crippen molar-refractivity contribution in [3.63, 3.8) is 0 Å². The van der Waals surface area contributed by atoms with Crippen LogP contribution in [-0.4, -0.2) is 27.5 Å². The number of hydrogen-bond acceptors (Lipinski definition) is 5. The lowest BCUT2D eigenvalue weighted by molar-refractivity contribution is -0.180. The van der Waals surface area contributed by atoms with Gasteiger partial charge in [-0.25, -0.2) is 0 Å². The normalized spacial score (nSPS) is 24.0. The van der Waals surface area contributed by atoms with Gasteiger partial charge < -0.3 is 9.47 Å². The molecular formula is C14H19Cl2NO5S. The quantitative estimate of drug-likeness (QED) is 0.814. The van der Waals surface area contributed by atoms with Gasteiger partial charge >= 0.3 is 10.3 Å². The third-order valence-electron chi connectivity index (χ3n) is 3.80. The first kappa shape index (κ1) is 18.9. The molecule has 1 aliphatic heterocycles. The summed E-state index contributed by atoms with van der Waals surface area (Å²) in [5, 5.41) is 0.742. The van der Waals surface area contributed by atoms with E-state index in [2.05, 4.69) is 8.91 Å². The SMILES string of the molecule is CCC1(CC)O[C@H](NS(=O)(=O)OC)[C@H](c2c(Cl)cccc2Cl)O1. The summed E-state index contributed by atoms with van der Waals surface area (Å²) in [6.07, 6.45) is -0.723. The Hall–Kier alpha value is -0.410. The Morgan fingerprint density at radius 3 is 2.26 bits per heavy atom. The summed E-state index contributed by atoms with van der Waals surface area (Å²) in [5.41, 5.74) is 0.475. The lowest BCUT2D eigenvalue weighted by atomic mass is 10.1. The molecule has 130 valence electrons. The summed E-state index contributed by atoms with van der Waals surface area (Å²) in [4.78, 5) is 0. The highest BCUT2D eigenvalue weighted by Gasteiger charge is 2.48. The molecule has 0 bridgehead atoms. The smallest absolute Gasteiger partial charge is 0.337 e. The van der Waals surface area contributed by atoms with Gasteiger partial charge in [0, 0.05) is 15.6 Å². The summed E-state index contributed by atoms with van der Waals surface area (Å²) in [5.74, 6) is -0.923. The summed E-state index contributed by atoms with van der Waals surface area (Å²) in [6.45, 7) is 3.78. The third-order valence-corrected chi connectivity index (χ3v) is 5.42. The lowest BCUT2D eigenvalue weighted by Gasteiger charge is -2.25. The Labute approximate surface area is 146 Å². The van der Waals surface area contributed by atoms with Gasteiger partial charge in [0.2, 0.25) is 0 Å². The molecule has 0 unspecified atom stereocenters. The molecule has 1 aliphatic rings. The van der Waals surface area contributed by atoms with Crippen LogP contribution < -0.4 is 4.72 Å². The molecular weight excluding hydrogens is 365 g/mol. The van der Waals surface area contributed by atoms with E-state index in [1.807, 2.05) is 13.8 Å². The topological polar surface area (TPSA) is 73.9 Å². The van der Waals surface area contributed by atoms with Gasteiger partial charge in [0.05, 0.1) is 7.11 Å². The van der Waals surface area contributed by atoms with E-state index in [1.165, 1.54) is 0 Å². The first-order valence-corrected chi connectivity index (χ1v) is 9.31. The van der Waals surface area contributed by atoms with Crippen molar-refractivity contribution >= 4 is 33.5 Å². The molecule has 1 heterocycles. The van der Waals surface area contributed by atoms with Crippen LogP contribution in [0.25, 0.3) is 0 Å². The molecule has 1 aromatic rings. The van der Waals surface area contributed by atoms with Crippen molar-refractivity contribution in [3.8, 4) is 0 Å². The van der Waals surface area contributed by atoms with E-state index in [0.717, 1.165) is 7.11 Å². The van der Waals surface area contributed by atoms with Gasteiger partial charge in [-0.3, -0.25) is 4.18 Å². The summed E-state index contributed by atoms with van der Waals surface area (Å²) >= 11 is 12.5. The average Bonchev–Trinajstić information content (AvgIpc) is 2.86. The third kappa shape index (κ3) is 3.99. The van der Waals surface area contributed by atoms with Gasteiger partial charge in [-0.2, -0.15) is 13.1 Å². The molecule has 23 heavy (non-hydrogen) atoms. The predicted octanol–water partition coefficient (Wildman–Crippen LogP) is 3.40. The highest BCUT2D eigenvalue weighted by Crippen LogP contribution is 2.45. The zero-order valence-corrected chi connectivity index (χ0v) is 15.3. The second kappa shape index (κ2) is 7.23. The number of halogens is 2. The van der Waals surface area contributed by atoms with E-state index in [-0.39, 0.29) is 0 Å². The molecule has 0 aromatic heterocycles. The second-order valence-corrected chi connectivity index (χ2v) is 7.36. The van der Waals surface area contributed by atoms with Crippen molar-refractivity contribution in [2.24, 2.45) is 0 Å². The number of benzene rings is 1. The minimum absolute atomic E-state index is 0.371. The maximum Gasteiger partial charge on any atom is 0.337 e. The minimum Gasteiger partial charge on any atom is -0.338 e. The standard InChI is InChI=1S/C14H19Cl2NO5S/c1-4-14(5-2)21-12(11-9(15)7-6-8-10(11)16)13(22-14)17-23(18,19)20-3/h6-8,12-13,17H,4-5H2,1-3H3/t12-,13-/m0/s1. The largest absolute Gasteiger partial charge is 0.338 e. The predicted molar refractivity (Wildman–Crippen MR) is 87.5 cm³/mol. The molecule has 0 spiro atoms. The lowest BCUT2D eigenvalue weighted by Crippen LogP contribution is -2.40. The van der Waals surface area contributed by atoms with Crippen molar-refractivity contribution < 1.29 is 22.1 Å². The van der Waals surface area contributed by atoms with Crippen LogP contribution in [0.4, 0.5) is 0 Å². The molecule has 0 saturated carbocycles. The van der Waals surface area contributed by atoms with E-state index in [0.29, 0.717) is 28.5 Å². The molecule has 2 rings (SSSR count). The Bertz CT molecular complexity index is 643. The van der Waals surface area contributed by atoms with Crippen LogP contribution >= 0.6 is 23.2 Å². The van der Waals surface area contributed by atoms with Crippen LogP contribution in [0.1, 0.15) is 38.4 Å². The summed E-state index contributed by atoms with van der Waals surface area (Å²) in [7, 11) is -2.92. The average molecular weight is 384 g/mol. The van der Waals surface area contributed by atoms with E-state index in [9.17, 15) is 8.42 Å². The van der Waals surface area contributed by atoms with Gasteiger partial charge in [-0.15, -0.1) is 0 Å². The van der Waals surface area contributed by atoms with Gasteiger partial charge in [0.15, 0.2) is 12.0 Å². The highest BCUT2D eigenvalue weighted by atomic mass is 35.5. The van der Waals surface area contributed by atoms with E-state index in [1.54, 1.807) is 18.2 Å². The van der Waals surface area contributed by atoms with Gasteiger partial charge in [0.1, 0.15) is 6.10 Å². The number of rotatable bonds is 6. The molecule has 9 heteroatoms. The van der Waals surface area contributed by atoms with Crippen molar-refractivity contribution in [2.75, 3.05) is 7.11 Å². The minimum atomic E-state index is -3.98. The Balaban J connectivity index is 2.44. The number of nitrogens with one attached hydrogen (secondary N) is 1. The molecule has 0 amide bonds. The zero-order chi connectivity index (χ0) is 17.3. The fourth-order valence-electron chi connectivity index (χ4n) is 2.47. The second-order valence-electron chi connectivity index (χ2n) is 5.07. The van der Waals surface area contributed by atoms with Gasteiger partial charge in [0.25, 0.3) is 0 Å². The molecule has 0 aliphatic carbocycles. The zero-order valence-electron chi connectivity index (χ0n) is 13.0. The monoisotopic (exact) mass is 383 g/mol. The van der Waals surface area contributed by atoms with Crippen molar-refractivity contribution in [1.29, 1.82) is 0 Å². The maximum atomic E-state index is 11.8. The van der Waals surface area contributed by atoms with E-state index in [4.69, 9.17) is 32.7 Å². The first-order chi connectivity index (χ1) is 10.8. The Kier molecular flexibility index (Phi) is 5.94. The van der Waals surface area contributed by atoms with Gasteiger partial charge in [-0.05, 0) is 25.0 Å². The van der Waals surface area contributed by atoms with Crippen LogP contribution in [0.2, 0.25) is 10.0 Å². The molecule has 1 fully saturated rings. The van der Waals surface area contributed by atoms with Crippen LogP contribution in [-0.2, 0) is 24.0 Å². The fourth-order valence-corrected chi connectivity index (χ4v) is 3.63. The maximum absolute atomic E-state index is 11.8. The Morgan fingerprint density at radius 2 is 1.78 bits per heavy atom. The van der Waals surface area contributed by atoms with E-state index >= 15 is 0 Å². The van der Waals surface area contributed by atoms with Crippen LogP contribution in [0.5, 0.6) is 0 Å². The first-order valence-electron chi connectivity index (χ1n) is 7.15. The highest BCUT2D eigenvalue weighted by molar-refractivity contribution is 7.84. The van der Waals surface area contributed by atoms with Crippen LogP contribution in [0, 0.1) is 0 Å². The molecule has 1 saturated heterocycles. The Morgan fingerprint density at radius 1 is 1.22 bits per heavy atom. The molecule has 0 radical (unpaired) electrons. The molecule has 1 aromatic carbocycles. The van der Waals surface area contributed by atoms with Crippen LogP contribution in [0.15, 0.2) is 18.2 Å². The number of ether oxygens (including phenoxy) is 2. The summed E-state index contributed by atoms with van der Waals surface area (Å²) in [6, 6.07) is 5.02. The fraction of sp³-hybridized carbons (Fsp3) is 0.571. The van der Waals surface area contributed by atoms with Crippen molar-refractivity contribution in [3.05, 3.63) is 33.8 Å². The van der Waals surface area contributed by atoms with E-state index < -0.39 is 28.4 Å². The number of hydrogen-bond donors (Lipinski definition) is 1. The van der Waals surface area contributed by atoms with Crippen molar-refractivity contribution in [2.45, 2.75) is 44.8 Å². The summed E-state index contributed by atoms with van der Waals surface area (Å²) < 4.78 is 42.1. The molecule has 2 atom stereocenters. The van der Waals surface area contributed by atoms with Gasteiger partial charge in [-0.1, -0.05) is 43.1 Å². The molecule has 1 N–H and O–H groups in total. The van der Waals surface area contributed by atoms with Crippen molar-refractivity contribution in [1.82, 2.24) is 4.72 Å². The molecule has 6 nitrogen and oxygen atoms in total. The van der Waals surface area contributed by atoms with Crippen LogP contribution in [0.3, 0.4) is 0 Å².